The summed E-state index contributed by atoms with van der Waals surface area (Å²) in [6.07, 6.45) is 2.44. The maximum atomic E-state index is 11.8. The molecule has 0 saturated heterocycles. The van der Waals surface area contributed by atoms with Crippen molar-refractivity contribution in [2.45, 2.75) is 25.9 Å². The highest BCUT2D eigenvalue weighted by molar-refractivity contribution is 7.09. The molecule has 2 atom stereocenters. The molecule has 0 spiro atoms. The first-order valence-corrected chi connectivity index (χ1v) is 8.16. The predicted molar refractivity (Wildman–Crippen MR) is 86.9 cm³/mol. The molecule has 0 aliphatic rings. The number of hydrogen-bond acceptors (Lipinski definition) is 4. The van der Waals surface area contributed by atoms with Crippen molar-refractivity contribution in [1.82, 2.24) is 10.6 Å². The van der Waals surface area contributed by atoms with Crippen LogP contribution < -0.4 is 10.6 Å². The third-order valence-corrected chi connectivity index (χ3v) is 4.28. The summed E-state index contributed by atoms with van der Waals surface area (Å²) in [5.41, 5.74) is -1.22. The molecular weight excluding hydrogens is 300 g/mol. The lowest BCUT2D eigenvalue weighted by atomic mass is 10.0. The van der Waals surface area contributed by atoms with Gasteiger partial charge in [0, 0.05) is 11.4 Å². The van der Waals surface area contributed by atoms with Crippen molar-refractivity contribution in [3.63, 3.8) is 0 Å². The van der Waals surface area contributed by atoms with Crippen molar-refractivity contribution in [2.75, 3.05) is 13.1 Å². The van der Waals surface area contributed by atoms with Gasteiger partial charge >= 0.3 is 6.03 Å². The fourth-order valence-electron chi connectivity index (χ4n) is 2.10. The predicted octanol–water partition coefficient (Wildman–Crippen LogP) is 2.73. The van der Waals surface area contributed by atoms with E-state index in [0.717, 1.165) is 6.42 Å². The van der Waals surface area contributed by atoms with Crippen LogP contribution in [0, 0.1) is 5.92 Å². The molecule has 2 unspecified atom stereocenters. The summed E-state index contributed by atoms with van der Waals surface area (Å²) in [6.45, 7) is 4.38. The largest absolute Gasteiger partial charge is 0.466 e. The Kier molecular flexibility index (Phi) is 5.63. The number of furan rings is 1. The van der Waals surface area contributed by atoms with Gasteiger partial charge in [0.05, 0.1) is 12.8 Å². The van der Waals surface area contributed by atoms with Crippen molar-refractivity contribution in [3.05, 3.63) is 46.5 Å². The van der Waals surface area contributed by atoms with Crippen LogP contribution in [0.3, 0.4) is 0 Å². The molecule has 0 fully saturated rings. The molecule has 0 aliphatic carbocycles. The minimum atomic E-state index is -1.22. The quantitative estimate of drug-likeness (QED) is 0.734. The summed E-state index contributed by atoms with van der Waals surface area (Å²) >= 11 is 1.73. The Morgan fingerprint density at radius 3 is 2.86 bits per heavy atom. The van der Waals surface area contributed by atoms with Crippen molar-refractivity contribution < 1.29 is 14.3 Å². The first-order chi connectivity index (χ1) is 10.5. The second kappa shape index (κ2) is 7.47. The Bertz CT molecular complexity index is 564. The zero-order valence-electron chi connectivity index (χ0n) is 12.8. The SMILES string of the molecule is CC(CNC(=O)NCC(C)(O)c1ccco1)Cc1cccs1. The lowest BCUT2D eigenvalue weighted by molar-refractivity contribution is 0.0367. The minimum Gasteiger partial charge on any atom is -0.466 e. The third kappa shape index (κ3) is 4.89. The summed E-state index contributed by atoms with van der Waals surface area (Å²) in [4.78, 5) is 13.1. The van der Waals surface area contributed by atoms with Gasteiger partial charge in [0.2, 0.25) is 0 Å². The van der Waals surface area contributed by atoms with E-state index in [2.05, 4.69) is 29.0 Å². The van der Waals surface area contributed by atoms with Crippen LogP contribution in [-0.4, -0.2) is 24.2 Å². The monoisotopic (exact) mass is 322 g/mol. The first kappa shape index (κ1) is 16.6. The molecule has 2 aromatic heterocycles. The van der Waals surface area contributed by atoms with Gasteiger partial charge in [-0.1, -0.05) is 13.0 Å². The number of amides is 2. The van der Waals surface area contributed by atoms with Crippen LogP contribution in [0.25, 0.3) is 0 Å². The molecule has 2 aromatic rings. The molecule has 6 heteroatoms. The first-order valence-electron chi connectivity index (χ1n) is 7.28. The average molecular weight is 322 g/mol. The number of hydrogen-bond donors (Lipinski definition) is 3. The van der Waals surface area contributed by atoms with E-state index >= 15 is 0 Å². The summed E-state index contributed by atoms with van der Waals surface area (Å²) in [5, 5.41) is 17.8. The van der Waals surface area contributed by atoms with E-state index in [9.17, 15) is 9.90 Å². The second-order valence-corrected chi connectivity index (χ2v) is 6.74. The third-order valence-electron chi connectivity index (χ3n) is 3.39. The van der Waals surface area contributed by atoms with Crippen LogP contribution in [0.2, 0.25) is 0 Å². The Morgan fingerprint density at radius 2 is 2.23 bits per heavy atom. The molecule has 22 heavy (non-hydrogen) atoms. The van der Waals surface area contributed by atoms with Gasteiger partial charge in [-0.25, -0.2) is 4.79 Å². The number of thiophene rings is 1. The van der Waals surface area contributed by atoms with E-state index < -0.39 is 5.60 Å². The zero-order chi connectivity index (χ0) is 16.0. The van der Waals surface area contributed by atoms with Crippen molar-refractivity contribution in [2.24, 2.45) is 5.92 Å². The van der Waals surface area contributed by atoms with Gasteiger partial charge in [-0.15, -0.1) is 11.3 Å². The van der Waals surface area contributed by atoms with Gasteiger partial charge < -0.3 is 20.2 Å². The Labute approximate surface area is 134 Å². The Morgan fingerprint density at radius 1 is 1.41 bits per heavy atom. The number of carbonyl (C=O) groups excluding carboxylic acids is 1. The van der Waals surface area contributed by atoms with Crippen LogP contribution >= 0.6 is 11.3 Å². The van der Waals surface area contributed by atoms with E-state index in [1.807, 2.05) is 6.07 Å². The van der Waals surface area contributed by atoms with E-state index in [0.29, 0.717) is 18.2 Å². The van der Waals surface area contributed by atoms with Gasteiger partial charge in [-0.2, -0.15) is 0 Å². The normalized spacial score (nSPS) is 15.0. The molecule has 0 bridgehead atoms. The van der Waals surface area contributed by atoms with Crippen molar-refractivity contribution in [3.8, 4) is 0 Å². The maximum Gasteiger partial charge on any atom is 0.314 e. The molecule has 0 aliphatic heterocycles. The highest BCUT2D eigenvalue weighted by Gasteiger charge is 2.26. The lowest BCUT2D eigenvalue weighted by Gasteiger charge is -2.21. The smallest absolute Gasteiger partial charge is 0.314 e. The van der Waals surface area contributed by atoms with Gasteiger partial charge in [0.1, 0.15) is 11.4 Å². The fraction of sp³-hybridized carbons (Fsp3) is 0.438. The lowest BCUT2D eigenvalue weighted by Crippen LogP contribution is -2.44. The van der Waals surface area contributed by atoms with Crippen LogP contribution in [-0.2, 0) is 12.0 Å². The molecule has 0 radical (unpaired) electrons. The van der Waals surface area contributed by atoms with E-state index in [1.54, 1.807) is 30.4 Å². The van der Waals surface area contributed by atoms with Crippen LogP contribution in [0.15, 0.2) is 40.3 Å². The molecule has 3 N–H and O–H groups in total. The maximum absolute atomic E-state index is 11.8. The molecule has 0 aromatic carbocycles. The molecule has 0 saturated carbocycles. The van der Waals surface area contributed by atoms with Crippen LogP contribution in [0.1, 0.15) is 24.5 Å². The number of aliphatic hydroxyl groups is 1. The average Bonchev–Trinajstić information content (AvgIpc) is 3.16. The number of nitrogens with one attached hydrogen (secondary N) is 2. The summed E-state index contributed by atoms with van der Waals surface area (Å²) < 4.78 is 5.17. The molecule has 2 heterocycles. The number of rotatable bonds is 7. The summed E-state index contributed by atoms with van der Waals surface area (Å²) in [6, 6.07) is 7.23. The molecule has 2 rings (SSSR count). The number of urea groups is 1. The Hall–Kier alpha value is -1.79. The number of carbonyl (C=O) groups is 1. The summed E-state index contributed by atoms with van der Waals surface area (Å²) in [7, 11) is 0. The van der Waals surface area contributed by atoms with Gasteiger partial charge in [0.25, 0.3) is 0 Å². The highest BCUT2D eigenvalue weighted by Crippen LogP contribution is 2.19. The fourth-order valence-corrected chi connectivity index (χ4v) is 2.97. The van der Waals surface area contributed by atoms with Crippen LogP contribution in [0.5, 0.6) is 0 Å². The molecular formula is C16H22N2O3S. The molecule has 120 valence electrons. The van der Waals surface area contributed by atoms with Crippen molar-refractivity contribution >= 4 is 17.4 Å². The van der Waals surface area contributed by atoms with Crippen LogP contribution in [0.4, 0.5) is 4.79 Å². The van der Waals surface area contributed by atoms with Gasteiger partial charge in [-0.05, 0) is 42.8 Å². The standard InChI is InChI=1S/C16H22N2O3S/c1-12(9-13-5-4-8-22-13)10-17-15(19)18-11-16(2,20)14-6-3-7-21-14/h3-8,12,20H,9-11H2,1-2H3,(H2,17,18,19). The van der Waals surface area contributed by atoms with Crippen molar-refractivity contribution in [1.29, 1.82) is 0 Å². The van der Waals surface area contributed by atoms with E-state index in [4.69, 9.17) is 4.42 Å². The second-order valence-electron chi connectivity index (χ2n) is 5.70. The molecule has 2 amide bonds. The van der Waals surface area contributed by atoms with Gasteiger partial charge in [0.15, 0.2) is 0 Å². The van der Waals surface area contributed by atoms with E-state index in [-0.39, 0.29) is 12.6 Å². The highest BCUT2D eigenvalue weighted by atomic mass is 32.1. The topological polar surface area (TPSA) is 74.5 Å². The minimum absolute atomic E-state index is 0.0889. The summed E-state index contributed by atoms with van der Waals surface area (Å²) in [5.74, 6) is 0.786. The Balaban J connectivity index is 1.69. The van der Waals surface area contributed by atoms with E-state index in [1.165, 1.54) is 11.1 Å². The molecule has 5 nitrogen and oxygen atoms in total. The van der Waals surface area contributed by atoms with Gasteiger partial charge in [-0.3, -0.25) is 0 Å². The zero-order valence-corrected chi connectivity index (χ0v) is 13.7.